The molecular weight excluding hydrogens is 308 g/mol. The highest BCUT2D eigenvalue weighted by Crippen LogP contribution is 2.35. The minimum atomic E-state index is -0.760. The van der Waals surface area contributed by atoms with Gasteiger partial charge in [-0.05, 0) is 47.6 Å². The van der Waals surface area contributed by atoms with Crippen molar-refractivity contribution in [3.8, 4) is 0 Å². The van der Waals surface area contributed by atoms with Crippen molar-refractivity contribution >= 4 is 34.3 Å². The van der Waals surface area contributed by atoms with E-state index in [1.807, 2.05) is 12.1 Å². The lowest BCUT2D eigenvalue weighted by molar-refractivity contribution is 0.0706. The van der Waals surface area contributed by atoms with Crippen molar-refractivity contribution in [3.05, 3.63) is 41.5 Å². The maximum Gasteiger partial charge on any atom is 0.319 e. The number of urea groups is 1. The van der Waals surface area contributed by atoms with Crippen LogP contribution in [-0.4, -0.2) is 34.8 Å². The van der Waals surface area contributed by atoms with Gasteiger partial charge in [0.25, 0.3) is 0 Å². The van der Waals surface area contributed by atoms with Gasteiger partial charge in [0.2, 0.25) is 0 Å². The van der Waals surface area contributed by atoms with Gasteiger partial charge in [-0.15, -0.1) is 0 Å². The number of aryl methyl sites for hydroxylation is 2. The van der Waals surface area contributed by atoms with E-state index in [0.717, 1.165) is 36.1 Å². The Morgan fingerprint density at radius 3 is 2.83 bits per heavy atom. The SMILES string of the molecule is O=C(NCC1(O)CCSC1)Nc1ccc2c3c(cccc13)CC2. The topological polar surface area (TPSA) is 61.4 Å². The molecule has 0 bridgehead atoms. The maximum absolute atomic E-state index is 12.2. The van der Waals surface area contributed by atoms with Gasteiger partial charge in [-0.3, -0.25) is 0 Å². The zero-order valence-corrected chi connectivity index (χ0v) is 13.7. The molecule has 3 N–H and O–H groups in total. The molecule has 0 aromatic heterocycles. The second-order valence-electron chi connectivity index (χ2n) is 6.45. The van der Waals surface area contributed by atoms with Gasteiger partial charge in [-0.2, -0.15) is 11.8 Å². The summed E-state index contributed by atoms with van der Waals surface area (Å²) in [6, 6.07) is 10.1. The van der Waals surface area contributed by atoms with Gasteiger partial charge in [-0.25, -0.2) is 4.79 Å². The predicted octanol–water partition coefficient (Wildman–Crippen LogP) is 2.93. The van der Waals surface area contributed by atoms with Crippen LogP contribution in [0, 0.1) is 0 Å². The van der Waals surface area contributed by atoms with E-state index in [4.69, 9.17) is 0 Å². The lowest BCUT2D eigenvalue weighted by Gasteiger charge is -2.21. The fourth-order valence-corrected chi connectivity index (χ4v) is 4.80. The number of hydrogen-bond donors (Lipinski definition) is 3. The van der Waals surface area contributed by atoms with E-state index < -0.39 is 5.60 Å². The standard InChI is InChI=1S/C18H20N2O2S/c21-17(19-10-18(22)8-9-23-11-18)20-15-7-6-13-5-4-12-2-1-3-14(15)16(12)13/h1-3,6-7,22H,4-5,8-11H2,(H2,19,20,21). The van der Waals surface area contributed by atoms with Crippen molar-refractivity contribution in [3.63, 3.8) is 0 Å². The molecule has 2 amide bonds. The summed E-state index contributed by atoms with van der Waals surface area (Å²) < 4.78 is 0. The van der Waals surface area contributed by atoms with Gasteiger partial charge in [0.05, 0.1) is 11.3 Å². The summed E-state index contributed by atoms with van der Waals surface area (Å²) in [5, 5.41) is 18.4. The van der Waals surface area contributed by atoms with Crippen molar-refractivity contribution in [1.82, 2.24) is 5.32 Å². The summed E-state index contributed by atoms with van der Waals surface area (Å²) in [7, 11) is 0. The molecule has 1 fully saturated rings. The Labute approximate surface area is 139 Å². The van der Waals surface area contributed by atoms with Crippen LogP contribution in [0.1, 0.15) is 17.5 Å². The van der Waals surface area contributed by atoms with Crippen molar-refractivity contribution in [2.45, 2.75) is 24.9 Å². The molecule has 4 rings (SSSR count). The van der Waals surface area contributed by atoms with Gasteiger partial charge in [-0.1, -0.05) is 24.3 Å². The molecule has 0 radical (unpaired) electrons. The number of amides is 2. The molecule has 0 saturated carbocycles. The Bertz CT molecular complexity index is 759. The number of anilines is 1. The smallest absolute Gasteiger partial charge is 0.319 e. The van der Waals surface area contributed by atoms with Gasteiger partial charge in [0.15, 0.2) is 0 Å². The molecule has 1 saturated heterocycles. The van der Waals surface area contributed by atoms with Crippen LogP contribution in [0.3, 0.4) is 0 Å². The predicted molar refractivity (Wildman–Crippen MR) is 95.3 cm³/mol. The van der Waals surface area contributed by atoms with Crippen LogP contribution in [0.4, 0.5) is 10.5 Å². The van der Waals surface area contributed by atoms with Crippen LogP contribution < -0.4 is 10.6 Å². The average molecular weight is 328 g/mol. The molecule has 2 aromatic carbocycles. The molecular formula is C18H20N2O2S. The second-order valence-corrected chi connectivity index (χ2v) is 7.55. The Hall–Kier alpha value is -1.72. The van der Waals surface area contributed by atoms with Crippen LogP contribution in [0.25, 0.3) is 10.8 Å². The summed E-state index contributed by atoms with van der Waals surface area (Å²) in [5.41, 5.74) is 2.79. The third-order valence-corrected chi connectivity index (χ3v) is 6.02. The first-order valence-corrected chi connectivity index (χ1v) is 9.19. The number of carbonyl (C=O) groups excluding carboxylic acids is 1. The van der Waals surface area contributed by atoms with E-state index in [1.165, 1.54) is 16.5 Å². The zero-order valence-electron chi connectivity index (χ0n) is 12.9. The molecule has 2 aliphatic rings. The third-order valence-electron chi connectivity index (χ3n) is 4.79. The molecule has 5 heteroatoms. The lowest BCUT2D eigenvalue weighted by Crippen LogP contribution is -2.44. The largest absolute Gasteiger partial charge is 0.387 e. The number of hydrogen-bond acceptors (Lipinski definition) is 3. The van der Waals surface area contributed by atoms with Crippen molar-refractivity contribution in [2.75, 3.05) is 23.4 Å². The molecule has 1 aliphatic heterocycles. The number of thioether (sulfide) groups is 1. The van der Waals surface area contributed by atoms with E-state index in [1.54, 1.807) is 11.8 Å². The first-order chi connectivity index (χ1) is 11.1. The zero-order chi connectivity index (χ0) is 15.9. The fourth-order valence-electron chi connectivity index (χ4n) is 3.50. The number of benzene rings is 2. The quantitative estimate of drug-likeness (QED) is 0.812. The average Bonchev–Trinajstić information content (AvgIpc) is 3.17. The van der Waals surface area contributed by atoms with E-state index in [0.29, 0.717) is 12.3 Å². The minimum absolute atomic E-state index is 0.256. The normalized spacial score (nSPS) is 22.5. The van der Waals surface area contributed by atoms with Crippen molar-refractivity contribution < 1.29 is 9.90 Å². The molecule has 4 nitrogen and oxygen atoms in total. The number of rotatable bonds is 3. The minimum Gasteiger partial charge on any atom is -0.387 e. The van der Waals surface area contributed by atoms with Crippen LogP contribution in [-0.2, 0) is 12.8 Å². The highest BCUT2D eigenvalue weighted by molar-refractivity contribution is 7.99. The third kappa shape index (κ3) is 2.79. The molecule has 23 heavy (non-hydrogen) atoms. The van der Waals surface area contributed by atoms with Crippen LogP contribution in [0.5, 0.6) is 0 Å². The second kappa shape index (κ2) is 5.73. The molecule has 0 spiro atoms. The van der Waals surface area contributed by atoms with Gasteiger partial charge in [0, 0.05) is 17.7 Å². The highest BCUT2D eigenvalue weighted by atomic mass is 32.2. The van der Waals surface area contributed by atoms with E-state index >= 15 is 0 Å². The van der Waals surface area contributed by atoms with Gasteiger partial charge >= 0.3 is 6.03 Å². The number of carbonyl (C=O) groups is 1. The summed E-state index contributed by atoms with van der Waals surface area (Å²) in [6.07, 6.45) is 2.89. The summed E-state index contributed by atoms with van der Waals surface area (Å²) in [6.45, 7) is 0.299. The van der Waals surface area contributed by atoms with E-state index in [2.05, 4.69) is 28.8 Å². The monoisotopic (exact) mass is 328 g/mol. The van der Waals surface area contributed by atoms with Gasteiger partial charge in [0.1, 0.15) is 0 Å². The summed E-state index contributed by atoms with van der Waals surface area (Å²) in [4.78, 5) is 12.2. The summed E-state index contributed by atoms with van der Waals surface area (Å²) >= 11 is 1.73. The fraction of sp³-hybridized carbons (Fsp3) is 0.389. The van der Waals surface area contributed by atoms with Crippen molar-refractivity contribution in [1.29, 1.82) is 0 Å². The Kier molecular flexibility index (Phi) is 3.70. The van der Waals surface area contributed by atoms with Crippen LogP contribution in [0.15, 0.2) is 30.3 Å². The van der Waals surface area contributed by atoms with Crippen molar-refractivity contribution in [2.24, 2.45) is 0 Å². The van der Waals surface area contributed by atoms with E-state index in [-0.39, 0.29) is 6.03 Å². The molecule has 2 aromatic rings. The first kappa shape index (κ1) is 14.8. The number of aliphatic hydroxyl groups is 1. The lowest BCUT2D eigenvalue weighted by atomic mass is 10.0. The number of nitrogens with one attached hydrogen (secondary N) is 2. The van der Waals surface area contributed by atoms with Crippen LogP contribution >= 0.6 is 11.8 Å². The Balaban J connectivity index is 1.51. The molecule has 1 atom stereocenters. The van der Waals surface area contributed by atoms with Crippen LogP contribution in [0.2, 0.25) is 0 Å². The maximum atomic E-state index is 12.2. The first-order valence-electron chi connectivity index (χ1n) is 8.03. The Morgan fingerprint density at radius 2 is 2.04 bits per heavy atom. The highest BCUT2D eigenvalue weighted by Gasteiger charge is 2.32. The molecule has 1 heterocycles. The molecule has 1 aliphatic carbocycles. The van der Waals surface area contributed by atoms with Gasteiger partial charge < -0.3 is 15.7 Å². The summed E-state index contributed by atoms with van der Waals surface area (Å²) in [5.74, 6) is 1.64. The Morgan fingerprint density at radius 1 is 1.22 bits per heavy atom. The molecule has 1 unspecified atom stereocenters. The molecule has 120 valence electrons. The van der Waals surface area contributed by atoms with E-state index in [9.17, 15) is 9.90 Å².